The lowest BCUT2D eigenvalue weighted by Crippen LogP contribution is -2.23. The number of rotatable bonds is 8. The van der Waals surface area contributed by atoms with Crippen LogP contribution in [0.25, 0.3) is 0 Å². The number of carbonyl (C=O) groups is 2. The number of carbonyl (C=O) groups excluding carboxylic acids is 1. The molecule has 7 heteroatoms. The summed E-state index contributed by atoms with van der Waals surface area (Å²) < 4.78 is 23.0. The Morgan fingerprint density at radius 3 is 2.19 bits per heavy atom. The summed E-state index contributed by atoms with van der Waals surface area (Å²) in [5, 5.41) is 11.7. The normalized spacial score (nSPS) is 11.1. The number of carboxylic acid groups (broad SMARTS) is 1. The fourth-order valence-corrected chi connectivity index (χ4v) is 3.35. The fourth-order valence-electron chi connectivity index (χ4n) is 2.51. The zero-order valence-electron chi connectivity index (χ0n) is 14.4. The van der Waals surface area contributed by atoms with Crippen LogP contribution in [0.15, 0.2) is 48.5 Å². The van der Waals surface area contributed by atoms with E-state index in [1.807, 2.05) is 0 Å². The third-order valence-corrected chi connectivity index (χ3v) is 4.69. The lowest BCUT2D eigenvalue weighted by Gasteiger charge is -2.10. The van der Waals surface area contributed by atoms with Crippen molar-refractivity contribution in [3.63, 3.8) is 0 Å². The summed E-state index contributed by atoms with van der Waals surface area (Å²) in [6, 6.07) is 13.5. The van der Waals surface area contributed by atoms with Crippen molar-refractivity contribution >= 4 is 21.7 Å². The van der Waals surface area contributed by atoms with E-state index in [1.54, 1.807) is 36.4 Å². The zero-order valence-corrected chi connectivity index (χ0v) is 15.3. The van der Waals surface area contributed by atoms with Crippen molar-refractivity contribution < 1.29 is 23.1 Å². The van der Waals surface area contributed by atoms with E-state index in [4.69, 9.17) is 5.11 Å². The summed E-state index contributed by atoms with van der Waals surface area (Å²) in [5.74, 6) is -1.20. The Labute approximate surface area is 152 Å². The Morgan fingerprint density at radius 1 is 1.00 bits per heavy atom. The minimum Gasteiger partial charge on any atom is -0.478 e. The average molecular weight is 375 g/mol. The molecule has 0 fully saturated rings. The number of hydrogen-bond donors (Lipinski definition) is 2. The first kappa shape index (κ1) is 19.7. The van der Waals surface area contributed by atoms with Crippen LogP contribution in [0.1, 0.15) is 33.5 Å². The topological polar surface area (TPSA) is 101 Å². The van der Waals surface area contributed by atoms with E-state index >= 15 is 0 Å². The minimum atomic E-state index is -3.15. The monoisotopic (exact) mass is 375 g/mol. The molecule has 0 aliphatic carbocycles. The number of hydrogen-bond acceptors (Lipinski definition) is 4. The molecular weight excluding hydrogens is 354 g/mol. The Bertz CT molecular complexity index is 888. The molecule has 6 nitrogen and oxygen atoms in total. The summed E-state index contributed by atoms with van der Waals surface area (Å²) in [5.41, 5.74) is 2.54. The molecule has 0 unspecified atom stereocenters. The molecule has 0 heterocycles. The van der Waals surface area contributed by atoms with E-state index in [0.717, 1.165) is 11.1 Å². The van der Waals surface area contributed by atoms with Crippen LogP contribution in [-0.2, 0) is 33.4 Å². The average Bonchev–Trinajstić information content (AvgIpc) is 2.58. The minimum absolute atomic E-state index is 0.0605. The third-order valence-electron chi connectivity index (χ3n) is 3.85. The van der Waals surface area contributed by atoms with Gasteiger partial charge < -0.3 is 10.4 Å². The molecule has 2 aromatic rings. The molecule has 0 aliphatic rings. The van der Waals surface area contributed by atoms with Gasteiger partial charge in [0, 0.05) is 19.2 Å². The van der Waals surface area contributed by atoms with E-state index in [-0.39, 0.29) is 30.2 Å². The summed E-state index contributed by atoms with van der Waals surface area (Å²) in [7, 11) is -3.15. The number of sulfone groups is 1. The molecular formula is C19H21NO5S. The first-order chi connectivity index (χ1) is 12.2. The Morgan fingerprint density at radius 2 is 1.62 bits per heavy atom. The second kappa shape index (κ2) is 8.62. The lowest BCUT2D eigenvalue weighted by molar-refractivity contribution is -0.121. The summed E-state index contributed by atoms with van der Waals surface area (Å²) in [6.07, 6.45) is 1.94. The molecule has 0 bridgehead atoms. The van der Waals surface area contributed by atoms with Crippen molar-refractivity contribution in [3.8, 4) is 0 Å². The van der Waals surface area contributed by atoms with Gasteiger partial charge in [0.25, 0.3) is 0 Å². The fraction of sp³-hybridized carbons (Fsp3) is 0.263. The first-order valence-corrected chi connectivity index (χ1v) is 10.1. The van der Waals surface area contributed by atoms with E-state index in [9.17, 15) is 18.0 Å². The number of carboxylic acids is 1. The summed E-state index contributed by atoms with van der Waals surface area (Å²) >= 11 is 0. The largest absolute Gasteiger partial charge is 0.478 e. The van der Waals surface area contributed by atoms with E-state index in [0.29, 0.717) is 12.0 Å². The Kier molecular flexibility index (Phi) is 6.52. The van der Waals surface area contributed by atoms with Gasteiger partial charge in [-0.05, 0) is 35.2 Å². The van der Waals surface area contributed by atoms with Gasteiger partial charge in [-0.15, -0.1) is 0 Å². The van der Waals surface area contributed by atoms with Crippen LogP contribution in [-0.4, -0.2) is 31.7 Å². The van der Waals surface area contributed by atoms with Crippen LogP contribution in [0.2, 0.25) is 0 Å². The predicted octanol–water partition coefficient (Wildman–Crippen LogP) is 2.18. The van der Waals surface area contributed by atoms with Gasteiger partial charge in [0.05, 0.1) is 11.3 Å². The third kappa shape index (κ3) is 6.33. The molecule has 0 saturated heterocycles. The van der Waals surface area contributed by atoms with Crippen molar-refractivity contribution in [2.45, 2.75) is 25.1 Å². The van der Waals surface area contributed by atoms with Crippen LogP contribution in [0.4, 0.5) is 0 Å². The predicted molar refractivity (Wildman–Crippen MR) is 98.6 cm³/mol. The lowest BCUT2D eigenvalue weighted by atomic mass is 10.1. The molecule has 2 aromatic carbocycles. The second-order valence-corrected chi connectivity index (χ2v) is 8.26. The summed E-state index contributed by atoms with van der Waals surface area (Å²) in [4.78, 5) is 22.8. The highest BCUT2D eigenvalue weighted by atomic mass is 32.2. The molecule has 2 rings (SSSR count). The van der Waals surface area contributed by atoms with Crippen LogP contribution in [0, 0.1) is 0 Å². The van der Waals surface area contributed by atoms with Crippen molar-refractivity contribution in [2.75, 3.05) is 6.26 Å². The Balaban J connectivity index is 1.88. The highest BCUT2D eigenvalue weighted by Gasteiger charge is 2.10. The van der Waals surface area contributed by atoms with Gasteiger partial charge in [0.2, 0.25) is 5.91 Å². The van der Waals surface area contributed by atoms with Gasteiger partial charge in [-0.3, -0.25) is 4.79 Å². The van der Waals surface area contributed by atoms with Crippen molar-refractivity contribution in [1.29, 1.82) is 0 Å². The molecule has 0 aromatic heterocycles. The molecule has 1 amide bonds. The number of aromatic carboxylic acids is 1. The smallest absolute Gasteiger partial charge is 0.335 e. The van der Waals surface area contributed by atoms with Gasteiger partial charge in [-0.1, -0.05) is 36.4 Å². The number of aryl methyl sites for hydroxylation is 1. The standard InChI is InChI=1S/C19H21NO5S/c1-26(24,25)13-17-5-3-2-4-16(17)12-20-18(21)11-8-14-6-9-15(10-7-14)19(22)23/h2-7,9-10H,8,11-13H2,1H3,(H,20,21)(H,22,23). The molecule has 0 aliphatic heterocycles. The number of amides is 1. The van der Waals surface area contributed by atoms with Gasteiger partial charge >= 0.3 is 5.97 Å². The Hall–Kier alpha value is -2.67. The van der Waals surface area contributed by atoms with Gasteiger partial charge in [-0.2, -0.15) is 0 Å². The van der Waals surface area contributed by atoms with Crippen LogP contribution < -0.4 is 5.32 Å². The van der Waals surface area contributed by atoms with E-state index < -0.39 is 15.8 Å². The van der Waals surface area contributed by atoms with E-state index in [1.165, 1.54) is 18.4 Å². The highest BCUT2D eigenvalue weighted by Crippen LogP contribution is 2.12. The van der Waals surface area contributed by atoms with Crippen molar-refractivity contribution in [1.82, 2.24) is 5.32 Å². The molecule has 0 saturated carbocycles. The first-order valence-electron chi connectivity index (χ1n) is 8.08. The maximum atomic E-state index is 12.0. The second-order valence-electron chi connectivity index (χ2n) is 6.12. The maximum absolute atomic E-state index is 12.0. The molecule has 0 atom stereocenters. The van der Waals surface area contributed by atoms with Gasteiger partial charge in [0.15, 0.2) is 9.84 Å². The van der Waals surface area contributed by atoms with Gasteiger partial charge in [-0.25, -0.2) is 13.2 Å². The molecule has 0 radical (unpaired) electrons. The molecule has 26 heavy (non-hydrogen) atoms. The summed E-state index contributed by atoms with van der Waals surface area (Å²) in [6.45, 7) is 0.266. The van der Waals surface area contributed by atoms with Crippen LogP contribution in [0.5, 0.6) is 0 Å². The zero-order chi connectivity index (χ0) is 19.2. The molecule has 0 spiro atoms. The van der Waals surface area contributed by atoms with Crippen LogP contribution in [0.3, 0.4) is 0 Å². The molecule has 138 valence electrons. The van der Waals surface area contributed by atoms with Gasteiger partial charge in [0.1, 0.15) is 0 Å². The highest BCUT2D eigenvalue weighted by molar-refractivity contribution is 7.89. The van der Waals surface area contributed by atoms with Crippen molar-refractivity contribution in [2.24, 2.45) is 0 Å². The van der Waals surface area contributed by atoms with Crippen LogP contribution >= 0.6 is 0 Å². The number of benzene rings is 2. The van der Waals surface area contributed by atoms with E-state index in [2.05, 4.69) is 5.32 Å². The number of nitrogens with one attached hydrogen (secondary N) is 1. The maximum Gasteiger partial charge on any atom is 0.335 e. The van der Waals surface area contributed by atoms with Crippen molar-refractivity contribution in [3.05, 3.63) is 70.8 Å². The molecule has 2 N–H and O–H groups in total. The quantitative estimate of drug-likeness (QED) is 0.736. The SMILES string of the molecule is CS(=O)(=O)Cc1ccccc1CNC(=O)CCc1ccc(C(=O)O)cc1.